The number of hydrogen-bond donors (Lipinski definition) is 1. The van der Waals surface area contributed by atoms with E-state index in [0.717, 1.165) is 25.7 Å². The molecule has 0 spiro atoms. The van der Waals surface area contributed by atoms with Gasteiger partial charge in [0.2, 0.25) is 0 Å². The highest BCUT2D eigenvalue weighted by Crippen LogP contribution is 2.25. The van der Waals surface area contributed by atoms with E-state index in [1.165, 1.54) is 17.7 Å². The average Bonchev–Trinajstić information content (AvgIpc) is 2.78. The SMILES string of the molecule is CNc1ccc(C(=O)OCC(=O)N2CCN(Cc3ccccc3)CC2)cc1[N+](=O)[O-]. The lowest BCUT2D eigenvalue weighted by atomic mass is 10.1. The molecular formula is C21H24N4O5. The van der Waals surface area contributed by atoms with E-state index in [4.69, 9.17) is 4.74 Å². The molecular weight excluding hydrogens is 388 g/mol. The molecule has 0 atom stereocenters. The second-order valence-electron chi connectivity index (χ2n) is 6.96. The summed E-state index contributed by atoms with van der Waals surface area (Å²) in [7, 11) is 1.55. The maximum atomic E-state index is 12.4. The monoisotopic (exact) mass is 412 g/mol. The Kier molecular flexibility index (Phi) is 6.97. The number of hydrogen-bond acceptors (Lipinski definition) is 7. The Morgan fingerprint density at radius 3 is 2.43 bits per heavy atom. The largest absolute Gasteiger partial charge is 0.452 e. The minimum absolute atomic E-state index is 0.0289. The number of carbonyl (C=O) groups is 2. The number of ether oxygens (including phenoxy) is 1. The minimum atomic E-state index is -0.767. The van der Waals surface area contributed by atoms with Crippen molar-refractivity contribution in [3.05, 3.63) is 69.8 Å². The lowest BCUT2D eigenvalue weighted by Gasteiger charge is -2.34. The van der Waals surface area contributed by atoms with Crippen LogP contribution in [0.3, 0.4) is 0 Å². The maximum Gasteiger partial charge on any atom is 0.338 e. The van der Waals surface area contributed by atoms with E-state index >= 15 is 0 Å². The van der Waals surface area contributed by atoms with Gasteiger partial charge in [-0.25, -0.2) is 4.79 Å². The molecule has 1 fully saturated rings. The molecule has 1 amide bonds. The third kappa shape index (κ3) is 5.32. The van der Waals surface area contributed by atoms with Crippen molar-refractivity contribution in [1.29, 1.82) is 0 Å². The Bertz CT molecular complexity index is 911. The molecule has 1 saturated heterocycles. The van der Waals surface area contributed by atoms with E-state index in [9.17, 15) is 19.7 Å². The summed E-state index contributed by atoms with van der Waals surface area (Å²) in [6, 6.07) is 14.1. The van der Waals surface area contributed by atoms with Gasteiger partial charge in [-0.2, -0.15) is 0 Å². The summed E-state index contributed by atoms with van der Waals surface area (Å²) in [5.41, 5.74) is 1.32. The van der Waals surface area contributed by atoms with Crippen LogP contribution in [-0.2, 0) is 16.1 Å². The Balaban J connectivity index is 1.48. The minimum Gasteiger partial charge on any atom is -0.452 e. The standard InChI is InChI=1S/C21H24N4O5/c1-22-18-8-7-17(13-19(18)25(28)29)21(27)30-15-20(26)24-11-9-23(10-12-24)14-16-5-3-2-4-6-16/h2-8,13,22H,9-12,14-15H2,1H3. The van der Waals surface area contributed by atoms with Gasteiger partial charge in [0.15, 0.2) is 6.61 Å². The number of amides is 1. The summed E-state index contributed by atoms with van der Waals surface area (Å²) in [5.74, 6) is -1.04. The fraction of sp³-hybridized carbons (Fsp3) is 0.333. The quantitative estimate of drug-likeness (QED) is 0.422. The normalized spacial score (nSPS) is 14.2. The molecule has 0 radical (unpaired) electrons. The van der Waals surface area contributed by atoms with Gasteiger partial charge in [-0.15, -0.1) is 0 Å². The van der Waals surface area contributed by atoms with Crippen molar-refractivity contribution in [3.8, 4) is 0 Å². The van der Waals surface area contributed by atoms with Gasteiger partial charge in [0, 0.05) is 45.8 Å². The molecule has 1 N–H and O–H groups in total. The molecule has 1 aliphatic heterocycles. The van der Waals surface area contributed by atoms with Crippen molar-refractivity contribution >= 4 is 23.3 Å². The third-order valence-corrected chi connectivity index (χ3v) is 5.00. The van der Waals surface area contributed by atoms with Crippen molar-refractivity contribution in [2.45, 2.75) is 6.54 Å². The van der Waals surface area contributed by atoms with Gasteiger partial charge in [0.1, 0.15) is 5.69 Å². The zero-order chi connectivity index (χ0) is 21.5. The molecule has 9 heteroatoms. The van der Waals surface area contributed by atoms with E-state index in [1.54, 1.807) is 11.9 Å². The summed E-state index contributed by atoms with van der Waals surface area (Å²) >= 11 is 0. The first-order chi connectivity index (χ1) is 14.5. The molecule has 30 heavy (non-hydrogen) atoms. The molecule has 0 aliphatic carbocycles. The fourth-order valence-corrected chi connectivity index (χ4v) is 3.32. The highest BCUT2D eigenvalue weighted by molar-refractivity contribution is 5.93. The number of nitrogens with zero attached hydrogens (tertiary/aromatic N) is 3. The number of nitrogens with one attached hydrogen (secondary N) is 1. The van der Waals surface area contributed by atoms with Gasteiger partial charge in [-0.1, -0.05) is 30.3 Å². The molecule has 9 nitrogen and oxygen atoms in total. The molecule has 3 rings (SSSR count). The Morgan fingerprint density at radius 1 is 1.10 bits per heavy atom. The summed E-state index contributed by atoms with van der Waals surface area (Å²) in [4.78, 5) is 39.1. The predicted octanol–water partition coefficient (Wildman–Crippen LogP) is 2.14. The molecule has 0 saturated carbocycles. The van der Waals surface area contributed by atoms with Crippen LogP contribution in [0.25, 0.3) is 0 Å². The number of anilines is 1. The second kappa shape index (κ2) is 9.84. The van der Waals surface area contributed by atoms with Crippen molar-refractivity contribution in [2.24, 2.45) is 0 Å². The number of nitro benzene ring substituents is 1. The van der Waals surface area contributed by atoms with Crippen molar-refractivity contribution < 1.29 is 19.2 Å². The lowest BCUT2D eigenvalue weighted by Crippen LogP contribution is -2.49. The molecule has 0 bridgehead atoms. The van der Waals surface area contributed by atoms with E-state index in [1.807, 2.05) is 18.2 Å². The van der Waals surface area contributed by atoms with Crippen molar-refractivity contribution in [3.63, 3.8) is 0 Å². The molecule has 158 valence electrons. The van der Waals surface area contributed by atoms with Crippen molar-refractivity contribution in [1.82, 2.24) is 9.80 Å². The van der Waals surface area contributed by atoms with Crippen LogP contribution in [0.15, 0.2) is 48.5 Å². The number of rotatable bonds is 7. The predicted molar refractivity (Wildman–Crippen MR) is 111 cm³/mol. The lowest BCUT2D eigenvalue weighted by molar-refractivity contribution is -0.384. The number of benzene rings is 2. The fourth-order valence-electron chi connectivity index (χ4n) is 3.32. The maximum absolute atomic E-state index is 12.4. The molecule has 2 aromatic rings. The van der Waals surface area contributed by atoms with Crippen LogP contribution < -0.4 is 5.32 Å². The van der Waals surface area contributed by atoms with Gasteiger partial charge in [-0.05, 0) is 17.7 Å². The molecule has 1 aliphatic rings. The zero-order valence-corrected chi connectivity index (χ0v) is 16.7. The zero-order valence-electron chi connectivity index (χ0n) is 16.7. The molecule has 0 unspecified atom stereocenters. The number of carbonyl (C=O) groups excluding carboxylic acids is 2. The first-order valence-electron chi connectivity index (χ1n) is 9.65. The molecule has 1 heterocycles. The topological polar surface area (TPSA) is 105 Å². The first-order valence-corrected chi connectivity index (χ1v) is 9.65. The van der Waals surface area contributed by atoms with E-state index < -0.39 is 10.9 Å². The average molecular weight is 412 g/mol. The van der Waals surface area contributed by atoms with Gasteiger partial charge >= 0.3 is 5.97 Å². The first kappa shape index (κ1) is 21.3. The summed E-state index contributed by atoms with van der Waals surface area (Å²) in [5, 5.41) is 13.8. The second-order valence-corrected chi connectivity index (χ2v) is 6.96. The summed E-state index contributed by atoms with van der Waals surface area (Å²) in [6.45, 7) is 3.05. The summed E-state index contributed by atoms with van der Waals surface area (Å²) < 4.78 is 5.09. The van der Waals surface area contributed by atoms with Gasteiger partial charge in [0.25, 0.3) is 11.6 Å². The molecule has 0 aromatic heterocycles. The highest BCUT2D eigenvalue weighted by Gasteiger charge is 2.23. The van der Waals surface area contributed by atoms with Crippen LogP contribution in [0.2, 0.25) is 0 Å². The number of piperazine rings is 1. The van der Waals surface area contributed by atoms with Gasteiger partial charge in [0.05, 0.1) is 10.5 Å². The third-order valence-electron chi connectivity index (χ3n) is 5.00. The Morgan fingerprint density at radius 2 is 1.80 bits per heavy atom. The number of nitro groups is 1. The van der Waals surface area contributed by atoms with E-state index in [0.29, 0.717) is 18.8 Å². The molecule has 2 aromatic carbocycles. The van der Waals surface area contributed by atoms with Gasteiger partial charge in [-0.3, -0.25) is 19.8 Å². The van der Waals surface area contributed by atoms with Crippen LogP contribution in [-0.4, -0.2) is 66.4 Å². The highest BCUT2D eigenvalue weighted by atomic mass is 16.6. The van der Waals surface area contributed by atoms with Crippen LogP contribution >= 0.6 is 0 Å². The van der Waals surface area contributed by atoms with Crippen LogP contribution in [0.5, 0.6) is 0 Å². The van der Waals surface area contributed by atoms with E-state index in [2.05, 4.69) is 22.3 Å². The summed E-state index contributed by atoms with van der Waals surface area (Å²) in [6.07, 6.45) is 0. The Labute approximate surface area is 174 Å². The smallest absolute Gasteiger partial charge is 0.338 e. The van der Waals surface area contributed by atoms with Gasteiger partial charge < -0.3 is 15.0 Å². The van der Waals surface area contributed by atoms with Crippen LogP contribution in [0, 0.1) is 10.1 Å². The van der Waals surface area contributed by atoms with Crippen LogP contribution in [0.4, 0.5) is 11.4 Å². The number of esters is 1. The van der Waals surface area contributed by atoms with Crippen molar-refractivity contribution in [2.75, 3.05) is 45.2 Å². The Hall–Kier alpha value is -3.46. The van der Waals surface area contributed by atoms with E-state index in [-0.39, 0.29) is 23.8 Å². The van der Waals surface area contributed by atoms with Crippen LogP contribution in [0.1, 0.15) is 15.9 Å².